The number of hydrogen-bond acceptors (Lipinski definition) is 2. The molecule has 0 aromatic carbocycles. The Morgan fingerprint density at radius 2 is 2.00 bits per heavy atom. The maximum atomic E-state index is 11.8. The second-order valence-electron chi connectivity index (χ2n) is 6.45. The van der Waals surface area contributed by atoms with Crippen LogP contribution in [0.3, 0.4) is 0 Å². The van der Waals surface area contributed by atoms with Crippen molar-refractivity contribution in [1.82, 2.24) is 5.32 Å². The molecule has 0 spiro atoms. The van der Waals surface area contributed by atoms with Crippen molar-refractivity contribution in [2.45, 2.75) is 57.5 Å². The molecule has 1 amide bonds. The molecular weight excluding hydrogens is 212 g/mol. The molecule has 0 aliphatic heterocycles. The molecule has 0 heterocycles. The van der Waals surface area contributed by atoms with Gasteiger partial charge in [-0.3, -0.25) is 4.79 Å². The first-order valence-corrected chi connectivity index (χ1v) is 7.21. The van der Waals surface area contributed by atoms with Gasteiger partial charge in [0.1, 0.15) is 0 Å². The Morgan fingerprint density at radius 1 is 1.35 bits per heavy atom. The van der Waals surface area contributed by atoms with Crippen LogP contribution in [0, 0.1) is 23.7 Å². The lowest BCUT2D eigenvalue weighted by Gasteiger charge is -2.11. The maximum absolute atomic E-state index is 11.8. The predicted molar refractivity (Wildman–Crippen MR) is 67.2 cm³/mol. The predicted octanol–water partition coefficient (Wildman–Crippen LogP) is 1.66. The number of amides is 1. The first kappa shape index (κ1) is 11.5. The molecule has 3 rings (SSSR count). The molecule has 2 bridgehead atoms. The summed E-state index contributed by atoms with van der Waals surface area (Å²) in [6.07, 6.45) is 6.83. The summed E-state index contributed by atoms with van der Waals surface area (Å²) >= 11 is 0. The smallest absolute Gasteiger partial charge is 0.220 e. The van der Waals surface area contributed by atoms with Crippen LogP contribution in [0.15, 0.2) is 0 Å². The van der Waals surface area contributed by atoms with Gasteiger partial charge in [0, 0.05) is 18.5 Å². The summed E-state index contributed by atoms with van der Waals surface area (Å²) in [5.41, 5.74) is 5.68. The standard InChI is InChI=1S/C14H24N2O/c1-8(15)3-2-4-11(17)16-14-12-9-5-6-10(7-9)13(12)14/h8-10,12-14H,2-7,15H2,1H3,(H,16,17). The highest BCUT2D eigenvalue weighted by atomic mass is 16.1. The zero-order valence-corrected chi connectivity index (χ0v) is 10.7. The lowest BCUT2D eigenvalue weighted by atomic mass is 10.0. The number of nitrogens with one attached hydrogen (secondary N) is 1. The number of rotatable bonds is 5. The lowest BCUT2D eigenvalue weighted by Crippen LogP contribution is -2.30. The fourth-order valence-corrected chi connectivity index (χ4v) is 4.36. The number of hydrogen-bond donors (Lipinski definition) is 2. The first-order valence-electron chi connectivity index (χ1n) is 7.21. The highest BCUT2D eigenvalue weighted by molar-refractivity contribution is 5.76. The fraction of sp³-hybridized carbons (Fsp3) is 0.929. The molecule has 0 aromatic rings. The molecular formula is C14H24N2O. The summed E-state index contributed by atoms with van der Waals surface area (Å²) in [4.78, 5) is 11.8. The summed E-state index contributed by atoms with van der Waals surface area (Å²) < 4.78 is 0. The highest BCUT2D eigenvalue weighted by Crippen LogP contribution is 2.65. The number of fused-ring (bicyclic) bond motifs is 5. The van der Waals surface area contributed by atoms with Crippen molar-refractivity contribution in [2.75, 3.05) is 0 Å². The lowest BCUT2D eigenvalue weighted by molar-refractivity contribution is -0.121. The fourth-order valence-electron chi connectivity index (χ4n) is 4.36. The molecule has 5 unspecified atom stereocenters. The van der Waals surface area contributed by atoms with E-state index in [1.807, 2.05) is 6.92 Å². The quantitative estimate of drug-likeness (QED) is 0.763. The van der Waals surface area contributed by atoms with Crippen molar-refractivity contribution in [3.63, 3.8) is 0 Å². The Balaban J connectivity index is 1.39. The van der Waals surface area contributed by atoms with Crippen molar-refractivity contribution in [3.8, 4) is 0 Å². The van der Waals surface area contributed by atoms with Gasteiger partial charge in [-0.25, -0.2) is 0 Å². The van der Waals surface area contributed by atoms with E-state index in [-0.39, 0.29) is 11.9 Å². The van der Waals surface area contributed by atoms with E-state index in [9.17, 15) is 4.79 Å². The van der Waals surface area contributed by atoms with Crippen molar-refractivity contribution in [2.24, 2.45) is 29.4 Å². The molecule has 0 saturated heterocycles. The SMILES string of the molecule is CC(N)CCCC(=O)NC1C2C3CCC(C3)C12. The van der Waals surface area contributed by atoms with Gasteiger partial charge in [-0.2, -0.15) is 0 Å². The molecule has 3 aliphatic carbocycles. The number of carbonyl (C=O) groups excluding carboxylic acids is 1. The average Bonchev–Trinajstić information content (AvgIpc) is 2.70. The van der Waals surface area contributed by atoms with Crippen LogP contribution < -0.4 is 11.1 Å². The summed E-state index contributed by atoms with van der Waals surface area (Å²) in [5, 5.41) is 3.25. The van der Waals surface area contributed by atoms with Gasteiger partial charge in [0.25, 0.3) is 0 Å². The van der Waals surface area contributed by atoms with Gasteiger partial charge >= 0.3 is 0 Å². The minimum Gasteiger partial charge on any atom is -0.353 e. The maximum Gasteiger partial charge on any atom is 0.220 e. The van der Waals surface area contributed by atoms with E-state index in [0.717, 1.165) is 36.5 Å². The molecule has 3 fully saturated rings. The monoisotopic (exact) mass is 236 g/mol. The van der Waals surface area contributed by atoms with Crippen LogP contribution in [0.25, 0.3) is 0 Å². The van der Waals surface area contributed by atoms with Crippen LogP contribution in [0.5, 0.6) is 0 Å². The molecule has 0 radical (unpaired) electrons. The van der Waals surface area contributed by atoms with E-state index in [2.05, 4.69) is 5.32 Å². The van der Waals surface area contributed by atoms with Crippen molar-refractivity contribution in [1.29, 1.82) is 0 Å². The van der Waals surface area contributed by atoms with Gasteiger partial charge in [-0.15, -0.1) is 0 Å². The van der Waals surface area contributed by atoms with E-state index in [0.29, 0.717) is 12.5 Å². The Morgan fingerprint density at radius 3 is 2.59 bits per heavy atom. The molecule has 0 aromatic heterocycles. The van der Waals surface area contributed by atoms with Crippen LogP contribution in [-0.4, -0.2) is 18.0 Å². The van der Waals surface area contributed by atoms with Gasteiger partial charge in [0.15, 0.2) is 0 Å². The minimum absolute atomic E-state index is 0.221. The Kier molecular flexibility index (Phi) is 2.89. The molecule has 3 heteroatoms. The third-order valence-corrected chi connectivity index (χ3v) is 5.13. The number of nitrogens with two attached hydrogens (primary N) is 1. The number of carbonyl (C=O) groups is 1. The molecule has 3 nitrogen and oxygen atoms in total. The second-order valence-corrected chi connectivity index (χ2v) is 6.45. The molecule has 3 aliphatic rings. The largest absolute Gasteiger partial charge is 0.353 e. The van der Waals surface area contributed by atoms with Crippen LogP contribution in [0.1, 0.15) is 45.4 Å². The van der Waals surface area contributed by atoms with Crippen LogP contribution in [0.4, 0.5) is 0 Å². The average molecular weight is 236 g/mol. The second kappa shape index (κ2) is 4.27. The van der Waals surface area contributed by atoms with E-state index in [1.54, 1.807) is 0 Å². The normalized spacial score (nSPS) is 43.3. The van der Waals surface area contributed by atoms with Crippen LogP contribution in [-0.2, 0) is 4.79 Å². The van der Waals surface area contributed by atoms with Gasteiger partial charge in [-0.1, -0.05) is 0 Å². The summed E-state index contributed by atoms with van der Waals surface area (Å²) in [5.74, 6) is 3.85. The molecule has 3 saturated carbocycles. The zero-order chi connectivity index (χ0) is 12.0. The van der Waals surface area contributed by atoms with Crippen LogP contribution in [0.2, 0.25) is 0 Å². The third kappa shape index (κ3) is 2.10. The topological polar surface area (TPSA) is 55.1 Å². The Bertz CT molecular complexity index is 299. The van der Waals surface area contributed by atoms with E-state index in [4.69, 9.17) is 5.73 Å². The van der Waals surface area contributed by atoms with Crippen molar-refractivity contribution in [3.05, 3.63) is 0 Å². The Hall–Kier alpha value is -0.570. The van der Waals surface area contributed by atoms with Gasteiger partial charge in [-0.05, 0) is 62.7 Å². The van der Waals surface area contributed by atoms with E-state index < -0.39 is 0 Å². The third-order valence-electron chi connectivity index (χ3n) is 5.13. The molecule has 3 N–H and O–H groups in total. The summed E-state index contributed by atoms with van der Waals surface area (Å²) in [7, 11) is 0. The van der Waals surface area contributed by atoms with Crippen molar-refractivity contribution >= 4 is 5.91 Å². The zero-order valence-electron chi connectivity index (χ0n) is 10.7. The van der Waals surface area contributed by atoms with E-state index >= 15 is 0 Å². The highest BCUT2D eigenvalue weighted by Gasteiger charge is 2.65. The summed E-state index contributed by atoms with van der Waals surface area (Å²) in [6.45, 7) is 2.00. The van der Waals surface area contributed by atoms with Crippen molar-refractivity contribution < 1.29 is 4.79 Å². The first-order chi connectivity index (χ1) is 8.16. The van der Waals surface area contributed by atoms with E-state index in [1.165, 1.54) is 19.3 Å². The molecule has 17 heavy (non-hydrogen) atoms. The Labute approximate surface area is 104 Å². The minimum atomic E-state index is 0.221. The van der Waals surface area contributed by atoms with Gasteiger partial charge < -0.3 is 11.1 Å². The van der Waals surface area contributed by atoms with Crippen LogP contribution >= 0.6 is 0 Å². The molecule has 5 atom stereocenters. The molecule has 96 valence electrons. The summed E-state index contributed by atoms with van der Waals surface area (Å²) in [6, 6.07) is 0.767. The van der Waals surface area contributed by atoms with Gasteiger partial charge in [0.2, 0.25) is 5.91 Å². The van der Waals surface area contributed by atoms with Gasteiger partial charge in [0.05, 0.1) is 0 Å².